The quantitative estimate of drug-likeness (QED) is 0.280. The maximum Gasteiger partial charge on any atom is 0.231 e. The second kappa shape index (κ2) is 9.85. The number of carbonyl (C=O) groups is 2. The summed E-state index contributed by atoms with van der Waals surface area (Å²) in [5.74, 6) is -0.479. The van der Waals surface area contributed by atoms with Gasteiger partial charge >= 0.3 is 0 Å². The summed E-state index contributed by atoms with van der Waals surface area (Å²) >= 11 is 0. The first kappa shape index (κ1) is 30.0. The highest BCUT2D eigenvalue weighted by atomic mass is 28.4. The van der Waals surface area contributed by atoms with Crippen molar-refractivity contribution in [2.75, 3.05) is 0 Å². The number of nitrogens with one attached hydrogen (secondary N) is 2. The molecule has 4 rings (SSSR count). The molecule has 0 radical (unpaired) electrons. The molecule has 0 bridgehead atoms. The van der Waals surface area contributed by atoms with E-state index in [4.69, 9.17) is 8.85 Å². The number of hydrogen-bond donors (Lipinski definition) is 2. The molecule has 2 aromatic rings. The Kier molecular flexibility index (Phi) is 7.59. The zero-order valence-corrected chi connectivity index (χ0v) is 27.9. The molecule has 0 spiro atoms. The van der Waals surface area contributed by atoms with Crippen LogP contribution >= 0.6 is 0 Å². The van der Waals surface area contributed by atoms with Gasteiger partial charge in [-0.15, -0.1) is 0 Å². The third-order valence-electron chi connectivity index (χ3n) is 9.88. The van der Waals surface area contributed by atoms with Crippen molar-refractivity contribution in [1.82, 2.24) is 15.2 Å². The zero-order valence-electron chi connectivity index (χ0n) is 25.9. The van der Waals surface area contributed by atoms with E-state index >= 15 is 0 Å². The average Bonchev–Trinajstić information content (AvgIpc) is 3.11. The fourth-order valence-electron chi connectivity index (χ4n) is 5.38. The summed E-state index contributed by atoms with van der Waals surface area (Å²) in [6.45, 7) is 26.3. The minimum atomic E-state index is -2.05. The van der Waals surface area contributed by atoms with E-state index in [1.54, 1.807) is 0 Å². The molecular weight excluding hydrogens is 523 g/mol. The largest absolute Gasteiger partial charge is 0.413 e. The number of aromatic nitrogens is 1. The van der Waals surface area contributed by atoms with Gasteiger partial charge in [0.05, 0.1) is 29.7 Å². The zero-order chi connectivity index (χ0) is 29.3. The van der Waals surface area contributed by atoms with E-state index in [1.807, 2.05) is 26.0 Å². The third kappa shape index (κ3) is 5.27. The maximum absolute atomic E-state index is 12.9. The van der Waals surface area contributed by atoms with Crippen LogP contribution in [-0.4, -0.2) is 45.2 Å². The first-order valence-corrected chi connectivity index (χ1v) is 20.1. The van der Waals surface area contributed by atoms with Crippen LogP contribution in [0.25, 0.3) is 10.9 Å². The number of β-lactam (4-membered cyclic amide) rings is 2. The summed E-state index contributed by atoms with van der Waals surface area (Å²) in [7, 11) is -4.09. The van der Waals surface area contributed by atoms with Crippen molar-refractivity contribution in [2.24, 2.45) is 11.8 Å². The van der Waals surface area contributed by atoms with Gasteiger partial charge in [0, 0.05) is 17.1 Å². The molecule has 0 saturated carbocycles. The molecule has 39 heavy (non-hydrogen) atoms. The van der Waals surface area contributed by atoms with Crippen LogP contribution in [-0.2, 0) is 18.4 Å². The summed E-state index contributed by atoms with van der Waals surface area (Å²) in [5, 5.41) is 7.51. The summed E-state index contributed by atoms with van der Waals surface area (Å²) < 4.78 is 15.5. The van der Waals surface area contributed by atoms with Gasteiger partial charge in [-0.05, 0) is 56.2 Å². The van der Waals surface area contributed by atoms with Crippen molar-refractivity contribution in [2.45, 2.75) is 116 Å². The molecule has 0 unspecified atom stereocenters. The van der Waals surface area contributed by atoms with Gasteiger partial charge in [0.1, 0.15) is 12.1 Å². The van der Waals surface area contributed by atoms with Gasteiger partial charge in [-0.25, -0.2) is 0 Å². The lowest BCUT2D eigenvalue weighted by Gasteiger charge is -2.46. The molecule has 2 N–H and O–H groups in total. The number of carbonyl (C=O) groups excluding carboxylic acids is 2. The molecule has 9 heteroatoms. The molecule has 2 aliphatic rings. The van der Waals surface area contributed by atoms with Crippen molar-refractivity contribution in [3.63, 3.8) is 0 Å². The standard InChI is InChI=1S/C30H49N3O4Si2/c1-18(36-38(9,10)29(3,4)5)23-25(31-27(23)34)21-17-33(22-16-14-13-15-20(21)22)26-24(28(35)32-26)19(2)37-39(11,12)30(6,7)8/h13-19,23-26H,1-12H3,(H,31,34)(H,32,35)/t18-,19-,23-,24-,25-,26+/m1/s1. The van der Waals surface area contributed by atoms with E-state index in [0.29, 0.717) is 0 Å². The number of benzene rings is 1. The summed E-state index contributed by atoms with van der Waals surface area (Å²) in [6.07, 6.45) is 1.52. The maximum atomic E-state index is 12.9. The second-order valence-corrected chi connectivity index (χ2v) is 24.2. The van der Waals surface area contributed by atoms with Gasteiger partial charge in [0.2, 0.25) is 11.8 Å². The molecule has 0 aliphatic carbocycles. The number of rotatable bonds is 8. The van der Waals surface area contributed by atoms with E-state index < -0.39 is 16.6 Å². The van der Waals surface area contributed by atoms with Gasteiger partial charge in [0.25, 0.3) is 0 Å². The smallest absolute Gasteiger partial charge is 0.231 e. The van der Waals surface area contributed by atoms with Gasteiger partial charge in [-0.2, -0.15) is 0 Å². The predicted octanol–water partition coefficient (Wildman–Crippen LogP) is 6.49. The lowest BCUT2D eigenvalue weighted by atomic mass is 9.81. The monoisotopic (exact) mass is 571 g/mol. The Labute approximate surface area is 236 Å². The van der Waals surface area contributed by atoms with Crippen LogP contribution < -0.4 is 10.6 Å². The van der Waals surface area contributed by atoms with Crippen LogP contribution in [0.2, 0.25) is 36.3 Å². The Balaban J connectivity index is 1.64. The molecule has 2 saturated heterocycles. The number of amides is 2. The highest BCUT2D eigenvalue weighted by Crippen LogP contribution is 2.45. The van der Waals surface area contributed by atoms with E-state index in [2.05, 4.69) is 101 Å². The van der Waals surface area contributed by atoms with Crippen molar-refractivity contribution in [3.05, 3.63) is 36.0 Å². The summed E-state index contributed by atoms with van der Waals surface area (Å²) in [6, 6.07) is 8.10. The lowest BCUT2D eigenvalue weighted by molar-refractivity contribution is -0.143. The molecule has 3 heterocycles. The Morgan fingerprint density at radius 2 is 1.28 bits per heavy atom. The van der Waals surface area contributed by atoms with Crippen molar-refractivity contribution < 1.29 is 18.4 Å². The Bertz CT molecular complexity index is 1160. The minimum absolute atomic E-state index is 0.0248. The SMILES string of the molecule is C[C@@H](O[Si](C)(C)C(C)(C)C)[C@H]1C(=O)N[C@@H]1c1cn([C@@H]2NC(=O)[C@@H]2[C@@H](C)O[Si](C)(C)C(C)(C)C)c2ccccc12. The number of para-hydroxylation sites is 1. The minimum Gasteiger partial charge on any atom is -0.413 e. The van der Waals surface area contributed by atoms with E-state index in [9.17, 15) is 9.59 Å². The molecule has 7 nitrogen and oxygen atoms in total. The van der Waals surface area contributed by atoms with E-state index in [1.165, 1.54) is 0 Å². The van der Waals surface area contributed by atoms with Crippen LogP contribution in [0.15, 0.2) is 30.5 Å². The third-order valence-corrected chi connectivity index (χ3v) is 19.0. The highest BCUT2D eigenvalue weighted by molar-refractivity contribution is 6.74. The Morgan fingerprint density at radius 3 is 1.77 bits per heavy atom. The Hall–Kier alpha value is -1.95. The van der Waals surface area contributed by atoms with Crippen LogP contribution in [0.5, 0.6) is 0 Å². The molecule has 1 aromatic heterocycles. The molecule has 6 atom stereocenters. The average molecular weight is 572 g/mol. The van der Waals surface area contributed by atoms with Crippen molar-refractivity contribution in [1.29, 1.82) is 0 Å². The first-order valence-electron chi connectivity index (χ1n) is 14.3. The molecule has 1 aromatic carbocycles. The van der Waals surface area contributed by atoms with Crippen LogP contribution in [0.1, 0.15) is 73.2 Å². The van der Waals surface area contributed by atoms with Gasteiger partial charge in [0.15, 0.2) is 16.6 Å². The van der Waals surface area contributed by atoms with Crippen LogP contribution in [0, 0.1) is 11.8 Å². The van der Waals surface area contributed by atoms with Crippen molar-refractivity contribution in [3.8, 4) is 0 Å². The summed E-state index contributed by atoms with van der Waals surface area (Å²) in [5.41, 5.74) is 2.11. The fraction of sp³-hybridized carbons (Fsp3) is 0.667. The molecule has 216 valence electrons. The number of fused-ring (bicyclic) bond motifs is 1. The van der Waals surface area contributed by atoms with Crippen molar-refractivity contribution >= 4 is 39.4 Å². The molecule has 2 amide bonds. The normalized spacial score (nSPS) is 25.9. The molecule has 2 fully saturated rings. The Morgan fingerprint density at radius 1 is 0.795 bits per heavy atom. The predicted molar refractivity (Wildman–Crippen MR) is 162 cm³/mol. The van der Waals surface area contributed by atoms with Gasteiger partial charge in [-0.1, -0.05) is 59.7 Å². The van der Waals surface area contributed by atoms with E-state index in [0.717, 1.165) is 16.5 Å². The highest BCUT2D eigenvalue weighted by Gasteiger charge is 2.51. The number of nitrogens with zero attached hydrogens (tertiary/aromatic N) is 1. The van der Waals surface area contributed by atoms with Gasteiger partial charge < -0.3 is 24.1 Å². The van der Waals surface area contributed by atoms with Crippen LogP contribution in [0.3, 0.4) is 0 Å². The second-order valence-electron chi connectivity index (χ2n) is 14.7. The molecular formula is C30H49N3O4Si2. The fourth-order valence-corrected chi connectivity index (χ4v) is 8.24. The van der Waals surface area contributed by atoms with Crippen LogP contribution in [0.4, 0.5) is 0 Å². The number of hydrogen-bond acceptors (Lipinski definition) is 4. The van der Waals surface area contributed by atoms with Gasteiger partial charge in [-0.3, -0.25) is 9.59 Å². The summed E-state index contributed by atoms with van der Waals surface area (Å²) in [4.78, 5) is 25.8. The molecule has 2 aliphatic heterocycles. The first-order chi connectivity index (χ1) is 17.8. The topological polar surface area (TPSA) is 81.6 Å². The lowest BCUT2D eigenvalue weighted by Crippen LogP contribution is -2.60. The van der Waals surface area contributed by atoms with E-state index in [-0.39, 0.29) is 58.1 Å².